The molecule has 4 nitrogen and oxygen atoms in total. The molecular weight excluding hydrogens is 274 g/mol. The van der Waals surface area contributed by atoms with E-state index >= 15 is 0 Å². The van der Waals surface area contributed by atoms with Crippen LogP contribution in [0.25, 0.3) is 11.0 Å². The molecule has 22 heavy (non-hydrogen) atoms. The molecule has 1 heterocycles. The van der Waals surface area contributed by atoms with Crippen molar-refractivity contribution in [1.29, 1.82) is 0 Å². The predicted molar refractivity (Wildman–Crippen MR) is 90.8 cm³/mol. The Morgan fingerprint density at radius 1 is 1.32 bits per heavy atom. The maximum Gasteiger partial charge on any atom is 0.219 e. The highest BCUT2D eigenvalue weighted by Crippen LogP contribution is 2.19. The van der Waals surface area contributed by atoms with Gasteiger partial charge < -0.3 is 9.88 Å². The molecular formula is C18H27N3O. The fraction of sp³-hybridized carbons (Fsp3) is 0.556. The molecule has 0 aliphatic heterocycles. The van der Waals surface area contributed by atoms with Gasteiger partial charge in [-0.15, -0.1) is 0 Å². The monoisotopic (exact) mass is 301 g/mol. The van der Waals surface area contributed by atoms with Gasteiger partial charge in [-0.3, -0.25) is 4.79 Å². The fourth-order valence-corrected chi connectivity index (χ4v) is 2.56. The average molecular weight is 301 g/mol. The van der Waals surface area contributed by atoms with Gasteiger partial charge >= 0.3 is 0 Å². The van der Waals surface area contributed by atoms with Crippen molar-refractivity contribution >= 4 is 16.9 Å². The largest absolute Gasteiger partial charge is 0.356 e. The second kappa shape index (κ2) is 7.97. The Balaban J connectivity index is 2.10. The van der Waals surface area contributed by atoms with E-state index in [2.05, 4.69) is 41.9 Å². The van der Waals surface area contributed by atoms with Gasteiger partial charge in [0.2, 0.25) is 5.91 Å². The van der Waals surface area contributed by atoms with Gasteiger partial charge in [0.25, 0.3) is 0 Å². The number of amides is 1. The third-order valence-electron chi connectivity index (χ3n) is 4.15. The second-order valence-corrected chi connectivity index (χ2v) is 5.95. The van der Waals surface area contributed by atoms with E-state index in [1.165, 1.54) is 11.9 Å². The summed E-state index contributed by atoms with van der Waals surface area (Å²) in [5.74, 6) is 1.89. The highest BCUT2D eigenvalue weighted by molar-refractivity contribution is 5.76. The molecule has 0 bridgehead atoms. The standard InChI is InChI=1S/C18H27N3O/c1-4-14(3)13-21-16-10-7-6-9-15(16)20-17(21)11-8-12-19-18(22)5-2/h6-7,9-10,14H,4-5,8,11-13H2,1-3H3,(H,19,22). The highest BCUT2D eigenvalue weighted by atomic mass is 16.1. The van der Waals surface area contributed by atoms with E-state index in [9.17, 15) is 4.79 Å². The third-order valence-corrected chi connectivity index (χ3v) is 4.15. The molecule has 0 saturated carbocycles. The number of hydrogen-bond acceptors (Lipinski definition) is 2. The van der Waals surface area contributed by atoms with Crippen LogP contribution in [0.5, 0.6) is 0 Å². The number of hydrogen-bond donors (Lipinski definition) is 1. The summed E-state index contributed by atoms with van der Waals surface area (Å²) in [4.78, 5) is 16.1. The fourth-order valence-electron chi connectivity index (χ4n) is 2.56. The van der Waals surface area contributed by atoms with Gasteiger partial charge in [-0.2, -0.15) is 0 Å². The molecule has 1 aromatic heterocycles. The number of aromatic nitrogens is 2. The number of rotatable bonds is 8. The zero-order chi connectivity index (χ0) is 15.9. The highest BCUT2D eigenvalue weighted by Gasteiger charge is 2.12. The summed E-state index contributed by atoms with van der Waals surface area (Å²) in [7, 11) is 0. The minimum Gasteiger partial charge on any atom is -0.356 e. The predicted octanol–water partition coefficient (Wildman–Crippen LogP) is 3.54. The van der Waals surface area contributed by atoms with E-state index in [0.29, 0.717) is 12.3 Å². The van der Waals surface area contributed by atoms with Crippen LogP contribution in [0.1, 0.15) is 45.9 Å². The molecule has 0 fully saturated rings. The van der Waals surface area contributed by atoms with Crippen LogP contribution in [0.2, 0.25) is 0 Å². The summed E-state index contributed by atoms with van der Waals surface area (Å²) >= 11 is 0. The quantitative estimate of drug-likeness (QED) is 0.758. The zero-order valence-corrected chi connectivity index (χ0v) is 13.9. The van der Waals surface area contributed by atoms with Crippen molar-refractivity contribution in [2.75, 3.05) is 6.54 Å². The topological polar surface area (TPSA) is 46.9 Å². The summed E-state index contributed by atoms with van der Waals surface area (Å²) in [6.45, 7) is 8.11. The van der Waals surface area contributed by atoms with E-state index in [1.807, 2.05) is 13.0 Å². The first-order valence-electron chi connectivity index (χ1n) is 8.36. The molecule has 0 aliphatic rings. The molecule has 0 spiro atoms. The normalized spacial score (nSPS) is 12.5. The van der Waals surface area contributed by atoms with Gasteiger partial charge in [0.1, 0.15) is 5.82 Å². The van der Waals surface area contributed by atoms with Crippen molar-refractivity contribution in [3.05, 3.63) is 30.1 Å². The van der Waals surface area contributed by atoms with Gasteiger partial charge in [0, 0.05) is 25.9 Å². The first kappa shape index (κ1) is 16.5. The number of carbonyl (C=O) groups is 1. The van der Waals surface area contributed by atoms with Crippen LogP contribution in [0.15, 0.2) is 24.3 Å². The molecule has 0 saturated heterocycles. The number of benzene rings is 1. The number of aryl methyl sites for hydroxylation is 1. The first-order chi connectivity index (χ1) is 10.7. The summed E-state index contributed by atoms with van der Waals surface area (Å²) in [5.41, 5.74) is 2.29. The molecule has 0 radical (unpaired) electrons. The molecule has 0 aliphatic carbocycles. The van der Waals surface area contributed by atoms with E-state index < -0.39 is 0 Å². The van der Waals surface area contributed by atoms with Gasteiger partial charge in [-0.1, -0.05) is 39.3 Å². The second-order valence-electron chi connectivity index (χ2n) is 5.95. The van der Waals surface area contributed by atoms with Crippen LogP contribution in [0.3, 0.4) is 0 Å². The van der Waals surface area contributed by atoms with Crippen LogP contribution in [0.4, 0.5) is 0 Å². The molecule has 4 heteroatoms. The number of nitrogens with zero attached hydrogens (tertiary/aromatic N) is 2. The lowest BCUT2D eigenvalue weighted by molar-refractivity contribution is -0.120. The Hall–Kier alpha value is -1.84. The van der Waals surface area contributed by atoms with Crippen molar-refractivity contribution in [3.63, 3.8) is 0 Å². The van der Waals surface area contributed by atoms with Gasteiger partial charge in [-0.25, -0.2) is 4.98 Å². The number of imidazole rings is 1. The Bertz CT molecular complexity index is 618. The summed E-state index contributed by atoms with van der Waals surface area (Å²) < 4.78 is 2.35. The minimum atomic E-state index is 0.119. The van der Waals surface area contributed by atoms with E-state index in [4.69, 9.17) is 4.98 Å². The number of nitrogens with one attached hydrogen (secondary N) is 1. The Morgan fingerprint density at radius 3 is 2.82 bits per heavy atom. The van der Waals surface area contributed by atoms with E-state index in [-0.39, 0.29) is 5.91 Å². The van der Waals surface area contributed by atoms with Crippen LogP contribution < -0.4 is 5.32 Å². The zero-order valence-electron chi connectivity index (χ0n) is 13.9. The van der Waals surface area contributed by atoms with Crippen LogP contribution in [-0.4, -0.2) is 22.0 Å². The van der Waals surface area contributed by atoms with Crippen LogP contribution >= 0.6 is 0 Å². The lowest BCUT2D eigenvalue weighted by atomic mass is 10.1. The van der Waals surface area contributed by atoms with Crippen molar-refractivity contribution in [2.24, 2.45) is 5.92 Å². The Morgan fingerprint density at radius 2 is 2.09 bits per heavy atom. The first-order valence-corrected chi connectivity index (χ1v) is 8.36. The summed E-state index contributed by atoms with van der Waals surface area (Å²) in [6.07, 6.45) is 3.54. The minimum absolute atomic E-state index is 0.119. The summed E-state index contributed by atoms with van der Waals surface area (Å²) in [5, 5.41) is 2.93. The van der Waals surface area contributed by atoms with Crippen molar-refractivity contribution in [1.82, 2.24) is 14.9 Å². The number of carbonyl (C=O) groups excluding carboxylic acids is 1. The van der Waals surface area contributed by atoms with E-state index in [1.54, 1.807) is 0 Å². The van der Waals surface area contributed by atoms with Crippen molar-refractivity contribution < 1.29 is 4.79 Å². The lowest BCUT2D eigenvalue weighted by Crippen LogP contribution is -2.23. The molecule has 1 N–H and O–H groups in total. The lowest BCUT2D eigenvalue weighted by Gasteiger charge is -2.14. The molecule has 1 amide bonds. The van der Waals surface area contributed by atoms with Crippen molar-refractivity contribution in [3.8, 4) is 0 Å². The third kappa shape index (κ3) is 4.09. The number of para-hydroxylation sites is 2. The van der Waals surface area contributed by atoms with Crippen LogP contribution in [-0.2, 0) is 17.8 Å². The molecule has 1 unspecified atom stereocenters. The van der Waals surface area contributed by atoms with Crippen molar-refractivity contribution in [2.45, 2.75) is 53.0 Å². The smallest absolute Gasteiger partial charge is 0.219 e. The van der Waals surface area contributed by atoms with Gasteiger partial charge in [0.15, 0.2) is 0 Å². The Labute approximate surface area is 132 Å². The molecule has 1 atom stereocenters. The maximum absolute atomic E-state index is 11.3. The molecule has 1 aromatic carbocycles. The maximum atomic E-state index is 11.3. The van der Waals surface area contributed by atoms with Gasteiger partial charge in [0.05, 0.1) is 11.0 Å². The van der Waals surface area contributed by atoms with Gasteiger partial charge in [-0.05, 0) is 24.5 Å². The van der Waals surface area contributed by atoms with E-state index in [0.717, 1.165) is 37.3 Å². The molecule has 120 valence electrons. The Kier molecular flexibility index (Phi) is 5.99. The molecule has 2 aromatic rings. The number of fused-ring (bicyclic) bond motifs is 1. The average Bonchev–Trinajstić information content (AvgIpc) is 2.89. The molecule has 2 rings (SSSR count). The SMILES string of the molecule is CCC(=O)NCCCc1nc2ccccc2n1CC(C)CC. The summed E-state index contributed by atoms with van der Waals surface area (Å²) in [6, 6.07) is 8.33. The van der Waals surface area contributed by atoms with Crippen LogP contribution in [0, 0.1) is 5.92 Å².